The molecular weight excluding hydrogens is 246 g/mol. The van der Waals surface area contributed by atoms with Gasteiger partial charge in [-0.25, -0.2) is 4.79 Å². The van der Waals surface area contributed by atoms with E-state index in [9.17, 15) is 9.59 Å². The maximum atomic E-state index is 11.8. The molecule has 3 N–H and O–H groups in total. The average Bonchev–Trinajstić information content (AvgIpc) is 2.31. The molecule has 0 heterocycles. The van der Waals surface area contributed by atoms with E-state index in [0.717, 1.165) is 38.9 Å². The van der Waals surface area contributed by atoms with Gasteiger partial charge in [0, 0.05) is 13.1 Å². The molecule has 1 rings (SSSR count). The molecule has 0 aromatic carbocycles. The van der Waals surface area contributed by atoms with E-state index in [-0.39, 0.29) is 12.5 Å². The fourth-order valence-corrected chi connectivity index (χ4v) is 2.39. The monoisotopic (exact) mass is 271 g/mol. The molecular formula is C13H25N3O3. The highest BCUT2D eigenvalue weighted by Gasteiger charge is 2.40. The van der Waals surface area contributed by atoms with Crippen molar-refractivity contribution in [2.45, 2.75) is 45.1 Å². The van der Waals surface area contributed by atoms with Crippen molar-refractivity contribution in [3.8, 4) is 0 Å². The van der Waals surface area contributed by atoms with Crippen molar-refractivity contribution in [1.82, 2.24) is 15.5 Å². The topological polar surface area (TPSA) is 81.7 Å². The van der Waals surface area contributed by atoms with Gasteiger partial charge in [0.05, 0.1) is 12.0 Å². The first-order valence-electron chi connectivity index (χ1n) is 7.01. The van der Waals surface area contributed by atoms with Crippen molar-refractivity contribution in [3.63, 3.8) is 0 Å². The number of aliphatic carboxylic acids is 1. The summed E-state index contributed by atoms with van der Waals surface area (Å²) in [4.78, 5) is 24.8. The predicted octanol–water partition coefficient (Wildman–Crippen LogP) is 1.02. The standard InChI is InChI=1S/C13H25N3O3/c1-3-16(4-2)9-8-14-12(19)15-13(6-5-7-13)10-11(17)18/h3-10H2,1-2H3,(H,17,18)(H2,14,15,19). The Bertz CT molecular complexity index is 312. The first-order chi connectivity index (χ1) is 9.01. The summed E-state index contributed by atoms with van der Waals surface area (Å²) in [5.41, 5.74) is -0.523. The van der Waals surface area contributed by atoms with Crippen LogP contribution in [0, 0.1) is 0 Å². The molecule has 0 aromatic rings. The molecule has 0 aromatic heterocycles. The highest BCUT2D eigenvalue weighted by atomic mass is 16.4. The number of amides is 2. The van der Waals surface area contributed by atoms with Gasteiger partial charge in [-0.05, 0) is 32.4 Å². The van der Waals surface area contributed by atoms with Crippen molar-refractivity contribution >= 4 is 12.0 Å². The van der Waals surface area contributed by atoms with Gasteiger partial charge in [0.1, 0.15) is 0 Å². The van der Waals surface area contributed by atoms with Crippen LogP contribution < -0.4 is 10.6 Å². The minimum absolute atomic E-state index is 0.0104. The van der Waals surface area contributed by atoms with Crippen LogP contribution in [0.5, 0.6) is 0 Å². The first kappa shape index (κ1) is 15.8. The Morgan fingerprint density at radius 2 is 1.89 bits per heavy atom. The lowest BCUT2D eigenvalue weighted by Gasteiger charge is -2.41. The molecule has 6 nitrogen and oxygen atoms in total. The SMILES string of the molecule is CCN(CC)CCNC(=O)NC1(CC(=O)O)CCC1. The number of carboxylic acids is 1. The number of carboxylic acid groups (broad SMARTS) is 1. The highest BCUT2D eigenvalue weighted by molar-refractivity contribution is 5.77. The summed E-state index contributed by atoms with van der Waals surface area (Å²) >= 11 is 0. The number of hydrogen-bond acceptors (Lipinski definition) is 3. The molecule has 110 valence electrons. The molecule has 1 aliphatic rings. The number of nitrogens with zero attached hydrogens (tertiary/aromatic N) is 1. The number of carbonyl (C=O) groups excluding carboxylic acids is 1. The van der Waals surface area contributed by atoms with E-state index in [2.05, 4.69) is 29.4 Å². The fraction of sp³-hybridized carbons (Fsp3) is 0.846. The molecule has 0 bridgehead atoms. The quantitative estimate of drug-likeness (QED) is 0.616. The second-order valence-corrected chi connectivity index (χ2v) is 5.11. The van der Waals surface area contributed by atoms with Gasteiger partial charge in [-0.1, -0.05) is 13.8 Å². The lowest BCUT2D eigenvalue weighted by molar-refractivity contribution is -0.139. The Morgan fingerprint density at radius 1 is 1.26 bits per heavy atom. The largest absolute Gasteiger partial charge is 0.481 e. The van der Waals surface area contributed by atoms with Gasteiger partial charge in [0.2, 0.25) is 0 Å². The van der Waals surface area contributed by atoms with Crippen LogP contribution in [0.2, 0.25) is 0 Å². The Hall–Kier alpha value is -1.30. The van der Waals surface area contributed by atoms with Crippen molar-refractivity contribution in [1.29, 1.82) is 0 Å². The van der Waals surface area contributed by atoms with Gasteiger partial charge in [-0.2, -0.15) is 0 Å². The van der Waals surface area contributed by atoms with Crippen LogP contribution in [0.25, 0.3) is 0 Å². The van der Waals surface area contributed by atoms with Gasteiger partial charge in [-0.3, -0.25) is 4.79 Å². The van der Waals surface area contributed by atoms with Crippen LogP contribution in [0.4, 0.5) is 4.79 Å². The van der Waals surface area contributed by atoms with Crippen LogP contribution in [0.15, 0.2) is 0 Å². The maximum absolute atomic E-state index is 11.8. The third-order valence-corrected chi connectivity index (χ3v) is 3.79. The van der Waals surface area contributed by atoms with E-state index in [1.807, 2.05) is 0 Å². The lowest BCUT2D eigenvalue weighted by Crippen LogP contribution is -2.57. The maximum Gasteiger partial charge on any atom is 0.315 e. The zero-order valence-electron chi connectivity index (χ0n) is 11.9. The van der Waals surface area contributed by atoms with E-state index >= 15 is 0 Å². The zero-order valence-corrected chi connectivity index (χ0v) is 11.9. The number of nitrogens with one attached hydrogen (secondary N) is 2. The van der Waals surface area contributed by atoms with Crippen LogP contribution in [-0.4, -0.2) is 53.7 Å². The minimum Gasteiger partial charge on any atom is -0.481 e. The molecule has 0 unspecified atom stereocenters. The van der Waals surface area contributed by atoms with E-state index < -0.39 is 11.5 Å². The number of hydrogen-bond donors (Lipinski definition) is 3. The van der Waals surface area contributed by atoms with E-state index in [0.29, 0.717) is 6.54 Å². The summed E-state index contributed by atoms with van der Waals surface area (Å²) in [6.45, 7) is 7.48. The molecule has 19 heavy (non-hydrogen) atoms. The average molecular weight is 271 g/mol. The molecule has 2 amide bonds. The van der Waals surface area contributed by atoms with Gasteiger partial charge >= 0.3 is 12.0 Å². The Morgan fingerprint density at radius 3 is 2.32 bits per heavy atom. The van der Waals surface area contributed by atoms with Crippen molar-refractivity contribution in [2.75, 3.05) is 26.2 Å². The van der Waals surface area contributed by atoms with Crippen LogP contribution in [-0.2, 0) is 4.79 Å². The lowest BCUT2D eigenvalue weighted by atomic mass is 9.74. The summed E-state index contributed by atoms with van der Waals surface area (Å²) < 4.78 is 0. The molecule has 0 saturated heterocycles. The second-order valence-electron chi connectivity index (χ2n) is 5.11. The number of urea groups is 1. The van der Waals surface area contributed by atoms with Crippen molar-refractivity contribution in [3.05, 3.63) is 0 Å². The van der Waals surface area contributed by atoms with Gasteiger partial charge in [-0.15, -0.1) is 0 Å². The van der Waals surface area contributed by atoms with Crippen LogP contribution in [0.1, 0.15) is 39.5 Å². The van der Waals surface area contributed by atoms with Crippen LogP contribution in [0.3, 0.4) is 0 Å². The van der Waals surface area contributed by atoms with Gasteiger partial charge in [0.15, 0.2) is 0 Å². The van der Waals surface area contributed by atoms with E-state index in [1.54, 1.807) is 0 Å². The smallest absolute Gasteiger partial charge is 0.315 e. The summed E-state index contributed by atoms with van der Waals surface area (Å²) in [5.74, 6) is -0.858. The van der Waals surface area contributed by atoms with E-state index in [1.165, 1.54) is 0 Å². The molecule has 0 aliphatic heterocycles. The van der Waals surface area contributed by atoms with Gasteiger partial charge in [0.25, 0.3) is 0 Å². The number of likely N-dealkylation sites (N-methyl/N-ethyl adjacent to an activating group) is 1. The van der Waals surface area contributed by atoms with Gasteiger partial charge < -0.3 is 20.6 Å². The fourth-order valence-electron chi connectivity index (χ4n) is 2.39. The summed E-state index contributed by atoms with van der Waals surface area (Å²) in [6.07, 6.45) is 2.50. The summed E-state index contributed by atoms with van der Waals surface area (Å²) in [5, 5.41) is 14.5. The highest BCUT2D eigenvalue weighted by Crippen LogP contribution is 2.34. The molecule has 6 heteroatoms. The number of rotatable bonds is 8. The minimum atomic E-state index is -0.858. The third-order valence-electron chi connectivity index (χ3n) is 3.79. The first-order valence-corrected chi connectivity index (χ1v) is 7.01. The Balaban J connectivity index is 2.28. The molecule has 1 aliphatic carbocycles. The normalized spacial score (nSPS) is 16.8. The zero-order chi connectivity index (χ0) is 14.3. The molecule has 0 atom stereocenters. The molecule has 0 spiro atoms. The number of carbonyl (C=O) groups is 2. The summed E-state index contributed by atoms with van der Waals surface area (Å²) in [7, 11) is 0. The van der Waals surface area contributed by atoms with Crippen LogP contribution >= 0.6 is 0 Å². The van der Waals surface area contributed by atoms with E-state index in [4.69, 9.17) is 5.11 Å². The second kappa shape index (κ2) is 7.33. The van der Waals surface area contributed by atoms with Crippen molar-refractivity contribution in [2.24, 2.45) is 0 Å². The molecule has 1 saturated carbocycles. The molecule has 0 radical (unpaired) electrons. The van der Waals surface area contributed by atoms with Crippen molar-refractivity contribution < 1.29 is 14.7 Å². The molecule has 1 fully saturated rings. The Kier molecular flexibility index (Phi) is 6.08. The summed E-state index contributed by atoms with van der Waals surface area (Å²) in [6, 6.07) is -0.256. The Labute approximate surface area is 114 Å². The third kappa shape index (κ3) is 5.06. The predicted molar refractivity (Wildman–Crippen MR) is 73.2 cm³/mol.